The molecular formula is C12H14N2O3. The van der Waals surface area contributed by atoms with Gasteiger partial charge in [-0.2, -0.15) is 0 Å². The highest BCUT2D eigenvalue weighted by Gasteiger charge is 2.13. The lowest BCUT2D eigenvalue weighted by atomic mass is 10.3. The molecule has 0 bridgehead atoms. The van der Waals surface area contributed by atoms with E-state index in [1.165, 1.54) is 4.57 Å². The van der Waals surface area contributed by atoms with Crippen LogP contribution in [0.25, 0.3) is 11.0 Å². The predicted octanol–water partition coefficient (Wildman–Crippen LogP) is 1.30. The lowest BCUT2D eigenvalue weighted by Crippen LogP contribution is -2.26. The number of aliphatic carboxylic acids is 1. The molecule has 0 radical (unpaired) electrons. The van der Waals surface area contributed by atoms with Gasteiger partial charge in [-0.1, -0.05) is 19.1 Å². The third-order valence-electron chi connectivity index (χ3n) is 2.67. The Balaban J connectivity index is 2.70. The molecule has 1 N–H and O–H groups in total. The Morgan fingerprint density at radius 2 is 1.82 bits per heavy atom. The average Bonchev–Trinajstić information content (AvgIpc) is 2.55. The molecule has 0 aliphatic carbocycles. The summed E-state index contributed by atoms with van der Waals surface area (Å²) in [6.07, 6.45) is 0.834. The fraction of sp³-hybridized carbons (Fsp3) is 0.333. The first kappa shape index (κ1) is 11.4. The monoisotopic (exact) mass is 234 g/mol. The Morgan fingerprint density at radius 3 is 2.35 bits per heavy atom. The number of hydrogen-bond donors (Lipinski definition) is 1. The third-order valence-corrected chi connectivity index (χ3v) is 2.67. The molecule has 5 nitrogen and oxygen atoms in total. The molecule has 0 aliphatic rings. The van der Waals surface area contributed by atoms with Crippen LogP contribution in [0, 0.1) is 0 Å². The van der Waals surface area contributed by atoms with Gasteiger partial charge in [-0.3, -0.25) is 13.9 Å². The maximum atomic E-state index is 12.1. The van der Waals surface area contributed by atoms with Gasteiger partial charge in [0.1, 0.15) is 6.54 Å². The zero-order valence-electron chi connectivity index (χ0n) is 9.59. The molecule has 0 unspecified atom stereocenters. The molecule has 2 aromatic rings. The van der Waals surface area contributed by atoms with Crippen molar-refractivity contribution in [2.75, 3.05) is 0 Å². The van der Waals surface area contributed by atoms with Gasteiger partial charge in [0.15, 0.2) is 0 Å². The van der Waals surface area contributed by atoms with E-state index in [4.69, 9.17) is 5.11 Å². The highest BCUT2D eigenvalue weighted by atomic mass is 16.4. The third kappa shape index (κ3) is 1.95. The number of carbonyl (C=O) groups is 1. The van der Waals surface area contributed by atoms with Crippen molar-refractivity contribution in [1.29, 1.82) is 0 Å². The standard InChI is InChI=1S/C12H14N2O3/c1-2-7-13-9-5-3-4-6-10(9)14(12(13)17)8-11(15)16/h3-6H,2,7-8H2,1H3,(H,15,16). The van der Waals surface area contributed by atoms with Gasteiger partial charge in [0.05, 0.1) is 11.0 Å². The molecule has 90 valence electrons. The Morgan fingerprint density at radius 1 is 1.24 bits per heavy atom. The van der Waals surface area contributed by atoms with E-state index < -0.39 is 5.97 Å². The van der Waals surface area contributed by atoms with E-state index in [1.807, 2.05) is 19.1 Å². The van der Waals surface area contributed by atoms with E-state index >= 15 is 0 Å². The lowest BCUT2D eigenvalue weighted by molar-refractivity contribution is -0.137. The van der Waals surface area contributed by atoms with Gasteiger partial charge < -0.3 is 5.11 Å². The Labute approximate surface area is 97.9 Å². The number of nitrogens with zero attached hydrogens (tertiary/aromatic N) is 2. The van der Waals surface area contributed by atoms with Crippen molar-refractivity contribution in [3.8, 4) is 0 Å². The van der Waals surface area contributed by atoms with Crippen molar-refractivity contribution < 1.29 is 9.90 Å². The first-order chi connectivity index (χ1) is 8.15. The summed E-state index contributed by atoms with van der Waals surface area (Å²) in [6, 6.07) is 7.26. The number of rotatable bonds is 4. The maximum Gasteiger partial charge on any atom is 0.329 e. The minimum absolute atomic E-state index is 0.254. The molecule has 0 fully saturated rings. The van der Waals surface area contributed by atoms with Crippen LogP contribution in [0.5, 0.6) is 0 Å². The number of para-hydroxylation sites is 2. The molecule has 0 saturated heterocycles. The van der Waals surface area contributed by atoms with Crippen LogP contribution in [0.2, 0.25) is 0 Å². The van der Waals surface area contributed by atoms with Gasteiger partial charge in [0.25, 0.3) is 0 Å². The molecule has 0 saturated carbocycles. The van der Waals surface area contributed by atoms with Crippen LogP contribution < -0.4 is 5.69 Å². The molecule has 1 heterocycles. The number of aromatic nitrogens is 2. The number of carboxylic acids is 1. The normalized spacial score (nSPS) is 10.9. The van der Waals surface area contributed by atoms with Crippen LogP contribution in [0.4, 0.5) is 0 Å². The van der Waals surface area contributed by atoms with Gasteiger partial charge in [-0.15, -0.1) is 0 Å². The van der Waals surface area contributed by atoms with Gasteiger partial charge in [0.2, 0.25) is 0 Å². The molecule has 0 aliphatic heterocycles. The molecule has 1 aromatic heterocycles. The van der Waals surface area contributed by atoms with Gasteiger partial charge in [0, 0.05) is 6.54 Å². The number of benzene rings is 1. The number of imidazole rings is 1. The minimum atomic E-state index is -1.01. The zero-order chi connectivity index (χ0) is 12.4. The van der Waals surface area contributed by atoms with Crippen LogP contribution in [-0.4, -0.2) is 20.2 Å². The first-order valence-corrected chi connectivity index (χ1v) is 5.55. The van der Waals surface area contributed by atoms with E-state index in [0.717, 1.165) is 11.9 Å². The second kappa shape index (κ2) is 4.45. The van der Waals surface area contributed by atoms with Crippen LogP contribution >= 0.6 is 0 Å². The van der Waals surface area contributed by atoms with Crippen molar-refractivity contribution in [2.24, 2.45) is 0 Å². The van der Waals surface area contributed by atoms with Gasteiger partial charge in [-0.25, -0.2) is 4.79 Å². The largest absolute Gasteiger partial charge is 0.480 e. The Hall–Kier alpha value is -2.04. The summed E-state index contributed by atoms with van der Waals surface area (Å²) >= 11 is 0. The number of fused-ring (bicyclic) bond motifs is 1. The summed E-state index contributed by atoms with van der Waals surface area (Å²) in [4.78, 5) is 22.8. The minimum Gasteiger partial charge on any atom is -0.480 e. The molecule has 0 spiro atoms. The van der Waals surface area contributed by atoms with E-state index in [9.17, 15) is 9.59 Å². The molecule has 2 rings (SSSR count). The lowest BCUT2D eigenvalue weighted by Gasteiger charge is -1.98. The summed E-state index contributed by atoms with van der Waals surface area (Å²) in [5.74, 6) is -1.01. The smallest absolute Gasteiger partial charge is 0.329 e. The topological polar surface area (TPSA) is 64.2 Å². The number of aryl methyl sites for hydroxylation is 1. The number of carboxylic acid groups (broad SMARTS) is 1. The van der Waals surface area contributed by atoms with Crippen LogP contribution in [0.1, 0.15) is 13.3 Å². The van der Waals surface area contributed by atoms with Crippen molar-refractivity contribution in [2.45, 2.75) is 26.4 Å². The summed E-state index contributed by atoms with van der Waals surface area (Å²) in [7, 11) is 0. The molecular weight excluding hydrogens is 220 g/mol. The second-order valence-corrected chi connectivity index (χ2v) is 3.90. The first-order valence-electron chi connectivity index (χ1n) is 5.55. The molecule has 5 heteroatoms. The van der Waals surface area contributed by atoms with E-state index in [-0.39, 0.29) is 12.2 Å². The van der Waals surface area contributed by atoms with E-state index in [1.54, 1.807) is 16.7 Å². The van der Waals surface area contributed by atoms with Crippen LogP contribution in [0.15, 0.2) is 29.1 Å². The second-order valence-electron chi connectivity index (χ2n) is 3.90. The maximum absolute atomic E-state index is 12.1. The average molecular weight is 234 g/mol. The van der Waals surface area contributed by atoms with Gasteiger partial charge in [-0.05, 0) is 18.6 Å². The van der Waals surface area contributed by atoms with Crippen molar-refractivity contribution in [1.82, 2.24) is 9.13 Å². The van der Waals surface area contributed by atoms with Crippen molar-refractivity contribution >= 4 is 17.0 Å². The van der Waals surface area contributed by atoms with E-state index in [2.05, 4.69) is 0 Å². The van der Waals surface area contributed by atoms with Crippen molar-refractivity contribution in [3.63, 3.8) is 0 Å². The SMILES string of the molecule is CCCn1c(=O)n(CC(=O)O)c2ccccc21. The fourth-order valence-corrected chi connectivity index (χ4v) is 2.00. The summed E-state index contributed by atoms with van der Waals surface area (Å²) in [5, 5.41) is 8.82. The molecule has 1 aromatic carbocycles. The molecule has 17 heavy (non-hydrogen) atoms. The molecule has 0 amide bonds. The highest BCUT2D eigenvalue weighted by molar-refractivity contribution is 5.78. The van der Waals surface area contributed by atoms with E-state index in [0.29, 0.717) is 12.1 Å². The summed E-state index contributed by atoms with van der Waals surface area (Å²) in [6.45, 7) is 2.29. The summed E-state index contributed by atoms with van der Waals surface area (Å²) < 4.78 is 2.92. The predicted molar refractivity (Wildman–Crippen MR) is 64.1 cm³/mol. The Kier molecular flexibility index (Phi) is 2.99. The van der Waals surface area contributed by atoms with Crippen molar-refractivity contribution in [3.05, 3.63) is 34.7 Å². The number of hydrogen-bond acceptors (Lipinski definition) is 2. The Bertz CT molecular complexity index is 610. The highest BCUT2D eigenvalue weighted by Crippen LogP contribution is 2.12. The van der Waals surface area contributed by atoms with Crippen LogP contribution in [0.3, 0.4) is 0 Å². The van der Waals surface area contributed by atoms with Gasteiger partial charge >= 0.3 is 11.7 Å². The fourth-order valence-electron chi connectivity index (χ4n) is 2.00. The quantitative estimate of drug-likeness (QED) is 0.867. The molecule has 0 atom stereocenters. The van der Waals surface area contributed by atoms with Crippen LogP contribution in [-0.2, 0) is 17.9 Å². The summed E-state index contributed by atoms with van der Waals surface area (Å²) in [5.41, 5.74) is 1.21. The zero-order valence-corrected chi connectivity index (χ0v) is 9.59.